The second kappa shape index (κ2) is 14.4. The van der Waals surface area contributed by atoms with E-state index in [1.807, 2.05) is 0 Å². The Morgan fingerprint density at radius 1 is 0.575 bits per heavy atom. The fourth-order valence-electron chi connectivity index (χ4n) is 3.07. The standard InChI is InChI=1S/C27H22O13/c1-3-21(28)37-9-11-39-26(35)18-8-6-15(13-19(18)25(33)34)23(30)16-5-7-17(24(31)32)20(14-16)27(36)40-12-10-38-22(29)4-2/h3-8,13-14H,1-2,9-12H2,(H,31,32)(H,33,34). The lowest BCUT2D eigenvalue weighted by atomic mass is 9.95. The summed E-state index contributed by atoms with van der Waals surface area (Å²) in [6, 6.07) is 6.15. The van der Waals surface area contributed by atoms with Gasteiger partial charge in [0.2, 0.25) is 0 Å². The number of carbonyl (C=O) groups excluding carboxylic acids is 5. The van der Waals surface area contributed by atoms with Gasteiger partial charge in [-0.1, -0.05) is 25.3 Å². The highest BCUT2D eigenvalue weighted by molar-refractivity contribution is 6.13. The SMILES string of the molecule is C=CC(=O)OCCOC(=O)c1ccc(C(=O)c2ccc(C(=O)O)c(C(=O)OCCOC(=O)C=C)c2)cc1C(=O)O. The number of hydrogen-bond acceptors (Lipinski definition) is 11. The van der Waals surface area contributed by atoms with Crippen LogP contribution in [0.4, 0.5) is 0 Å². The summed E-state index contributed by atoms with van der Waals surface area (Å²) in [7, 11) is 0. The fraction of sp³-hybridized carbons (Fsp3) is 0.148. The molecule has 0 aromatic heterocycles. The summed E-state index contributed by atoms with van der Waals surface area (Å²) < 4.78 is 19.1. The third kappa shape index (κ3) is 8.21. The molecule has 13 heteroatoms. The van der Waals surface area contributed by atoms with Crippen molar-refractivity contribution in [2.24, 2.45) is 0 Å². The van der Waals surface area contributed by atoms with E-state index in [-0.39, 0.29) is 36.5 Å². The Morgan fingerprint density at radius 3 is 1.43 bits per heavy atom. The zero-order chi connectivity index (χ0) is 29.8. The van der Waals surface area contributed by atoms with Gasteiger partial charge in [-0.15, -0.1) is 0 Å². The number of carboxylic acid groups (broad SMARTS) is 2. The average molecular weight is 554 g/mol. The lowest BCUT2D eigenvalue weighted by molar-refractivity contribution is -0.139. The van der Waals surface area contributed by atoms with Gasteiger partial charge in [0, 0.05) is 23.3 Å². The second-order valence-corrected chi connectivity index (χ2v) is 7.48. The zero-order valence-corrected chi connectivity index (χ0v) is 20.7. The maximum Gasteiger partial charge on any atom is 0.339 e. The Morgan fingerprint density at radius 2 is 0.975 bits per heavy atom. The van der Waals surface area contributed by atoms with Crippen LogP contribution >= 0.6 is 0 Å². The highest BCUT2D eigenvalue weighted by Gasteiger charge is 2.24. The van der Waals surface area contributed by atoms with Gasteiger partial charge in [-0.25, -0.2) is 28.8 Å². The third-order valence-electron chi connectivity index (χ3n) is 4.92. The highest BCUT2D eigenvalue weighted by atomic mass is 16.6. The van der Waals surface area contributed by atoms with Gasteiger partial charge < -0.3 is 29.2 Å². The molecule has 208 valence electrons. The molecule has 0 amide bonds. The van der Waals surface area contributed by atoms with Gasteiger partial charge in [-0.3, -0.25) is 4.79 Å². The van der Waals surface area contributed by atoms with Gasteiger partial charge in [0.1, 0.15) is 26.4 Å². The molecule has 0 spiro atoms. The van der Waals surface area contributed by atoms with Crippen molar-refractivity contribution in [3.8, 4) is 0 Å². The molecule has 2 rings (SSSR count). The first-order valence-corrected chi connectivity index (χ1v) is 11.2. The van der Waals surface area contributed by atoms with Crippen molar-refractivity contribution in [1.82, 2.24) is 0 Å². The summed E-state index contributed by atoms with van der Waals surface area (Å²) >= 11 is 0. The Bertz CT molecular complexity index is 1390. The average Bonchev–Trinajstić information content (AvgIpc) is 2.95. The lowest BCUT2D eigenvalue weighted by Crippen LogP contribution is -2.17. The summed E-state index contributed by atoms with van der Waals surface area (Å²) in [4.78, 5) is 83.4. The number of carbonyl (C=O) groups is 7. The van der Waals surface area contributed by atoms with Crippen molar-refractivity contribution in [2.75, 3.05) is 26.4 Å². The highest BCUT2D eigenvalue weighted by Crippen LogP contribution is 2.20. The maximum absolute atomic E-state index is 13.1. The van der Waals surface area contributed by atoms with Crippen LogP contribution in [0.1, 0.15) is 57.4 Å². The number of carboxylic acids is 2. The minimum atomic E-state index is -1.55. The first-order chi connectivity index (χ1) is 19.0. The topological polar surface area (TPSA) is 197 Å². The number of aromatic carboxylic acids is 2. The molecule has 0 atom stereocenters. The van der Waals surface area contributed by atoms with Gasteiger partial charge >= 0.3 is 35.8 Å². The van der Waals surface area contributed by atoms with Crippen molar-refractivity contribution in [1.29, 1.82) is 0 Å². The van der Waals surface area contributed by atoms with Gasteiger partial charge in [0.05, 0.1) is 22.3 Å². The van der Waals surface area contributed by atoms with Crippen molar-refractivity contribution >= 4 is 41.6 Å². The fourth-order valence-corrected chi connectivity index (χ4v) is 3.07. The van der Waals surface area contributed by atoms with Crippen molar-refractivity contribution < 1.29 is 62.7 Å². The largest absolute Gasteiger partial charge is 0.478 e. The first-order valence-electron chi connectivity index (χ1n) is 11.2. The number of hydrogen-bond donors (Lipinski definition) is 2. The van der Waals surface area contributed by atoms with Gasteiger partial charge in [0.15, 0.2) is 5.78 Å². The van der Waals surface area contributed by atoms with E-state index in [9.17, 15) is 43.8 Å². The molecule has 2 aromatic carbocycles. The van der Waals surface area contributed by atoms with Crippen LogP contribution in [-0.4, -0.2) is 78.2 Å². The molecule has 0 heterocycles. The van der Waals surface area contributed by atoms with Crippen LogP contribution in [-0.2, 0) is 28.5 Å². The maximum atomic E-state index is 13.1. The number of ether oxygens (including phenoxy) is 4. The molecule has 0 aliphatic rings. The molecule has 0 saturated carbocycles. The smallest absolute Gasteiger partial charge is 0.339 e. The number of rotatable bonds is 14. The van der Waals surface area contributed by atoms with Crippen LogP contribution in [0.5, 0.6) is 0 Å². The van der Waals surface area contributed by atoms with Crippen LogP contribution in [0, 0.1) is 0 Å². The number of benzene rings is 2. The molecule has 0 unspecified atom stereocenters. The predicted octanol–water partition coefficient (Wildman–Crippen LogP) is 2.09. The Kier molecular flexibility index (Phi) is 11.0. The van der Waals surface area contributed by atoms with E-state index in [0.29, 0.717) is 0 Å². The molecule has 0 radical (unpaired) electrons. The minimum absolute atomic E-state index is 0.189. The van der Waals surface area contributed by atoms with E-state index >= 15 is 0 Å². The van der Waals surface area contributed by atoms with E-state index in [1.54, 1.807) is 0 Å². The van der Waals surface area contributed by atoms with Gasteiger partial charge in [-0.2, -0.15) is 0 Å². The molecular formula is C27H22O13. The Hall–Kier alpha value is -5.59. The van der Waals surface area contributed by atoms with E-state index < -0.39 is 64.9 Å². The van der Waals surface area contributed by atoms with Crippen LogP contribution < -0.4 is 0 Å². The molecule has 2 N–H and O–H groups in total. The van der Waals surface area contributed by atoms with E-state index in [2.05, 4.69) is 22.6 Å². The third-order valence-corrected chi connectivity index (χ3v) is 4.92. The molecule has 0 bridgehead atoms. The van der Waals surface area contributed by atoms with Crippen molar-refractivity contribution in [3.05, 3.63) is 95.1 Å². The summed E-state index contributed by atoms with van der Waals surface area (Å²) in [5.41, 5.74) is -2.31. The van der Waals surface area contributed by atoms with Gasteiger partial charge in [-0.05, 0) is 24.3 Å². The molecule has 0 aliphatic carbocycles. The Labute approximate surface area is 226 Å². The Balaban J connectivity index is 2.27. The van der Waals surface area contributed by atoms with Gasteiger partial charge in [0.25, 0.3) is 0 Å². The summed E-state index contributed by atoms with van der Waals surface area (Å²) in [5, 5.41) is 19.0. The normalized spacial score (nSPS) is 10.0. The van der Waals surface area contributed by atoms with Crippen molar-refractivity contribution in [2.45, 2.75) is 0 Å². The summed E-state index contributed by atoms with van der Waals surface area (Å²) in [5.74, 6) is -7.52. The predicted molar refractivity (Wildman–Crippen MR) is 133 cm³/mol. The van der Waals surface area contributed by atoms with Crippen LogP contribution in [0.2, 0.25) is 0 Å². The minimum Gasteiger partial charge on any atom is -0.478 e. The van der Waals surface area contributed by atoms with Crippen LogP contribution in [0.15, 0.2) is 61.7 Å². The molecular weight excluding hydrogens is 532 g/mol. The molecule has 0 saturated heterocycles. The molecule has 2 aromatic rings. The van der Waals surface area contributed by atoms with E-state index in [0.717, 1.165) is 48.6 Å². The lowest BCUT2D eigenvalue weighted by Gasteiger charge is -2.11. The van der Waals surface area contributed by atoms with Crippen LogP contribution in [0.3, 0.4) is 0 Å². The molecule has 0 aliphatic heterocycles. The first kappa shape index (κ1) is 30.6. The zero-order valence-electron chi connectivity index (χ0n) is 20.7. The monoisotopic (exact) mass is 554 g/mol. The molecule has 0 fully saturated rings. The van der Waals surface area contributed by atoms with Crippen molar-refractivity contribution in [3.63, 3.8) is 0 Å². The number of ketones is 1. The van der Waals surface area contributed by atoms with Crippen LogP contribution in [0.25, 0.3) is 0 Å². The summed E-state index contributed by atoms with van der Waals surface area (Å²) in [6.07, 6.45) is 1.81. The second-order valence-electron chi connectivity index (χ2n) is 7.48. The molecule has 40 heavy (non-hydrogen) atoms. The van der Waals surface area contributed by atoms with E-state index in [4.69, 9.17) is 9.47 Å². The molecule has 13 nitrogen and oxygen atoms in total. The quantitative estimate of drug-likeness (QED) is 0.113. The van der Waals surface area contributed by atoms with E-state index in [1.165, 1.54) is 0 Å². The number of esters is 4. The summed E-state index contributed by atoms with van der Waals surface area (Å²) in [6.45, 7) is 5.00.